The number of nitrogens with zero attached hydrogens (tertiary/aromatic N) is 3. The van der Waals surface area contributed by atoms with E-state index in [1.165, 1.54) is 19.3 Å². The number of hydrogen-bond acceptors (Lipinski definition) is 4. The maximum atomic E-state index is 11.8. The number of carbonyl (C=O) groups is 1. The molecule has 2 saturated carbocycles. The number of aromatic nitrogens is 3. The first-order valence-corrected chi connectivity index (χ1v) is 11.7. The molecule has 0 saturated heterocycles. The van der Waals surface area contributed by atoms with Crippen molar-refractivity contribution >= 4 is 5.97 Å². The molecule has 0 bridgehead atoms. The lowest BCUT2D eigenvalue weighted by Gasteiger charge is -2.36. The van der Waals surface area contributed by atoms with E-state index in [2.05, 4.69) is 35.5 Å². The molecule has 29 heavy (non-hydrogen) atoms. The maximum absolute atomic E-state index is 11.8. The van der Waals surface area contributed by atoms with Gasteiger partial charge in [0.05, 0.1) is 5.92 Å². The van der Waals surface area contributed by atoms with Crippen LogP contribution < -0.4 is 0 Å². The molecule has 1 heterocycles. The highest BCUT2D eigenvalue weighted by molar-refractivity contribution is 5.70. The number of hydrogen-bond donors (Lipinski definition) is 1. The van der Waals surface area contributed by atoms with Crippen LogP contribution in [0.3, 0.4) is 0 Å². The van der Waals surface area contributed by atoms with Gasteiger partial charge in [0, 0.05) is 31.1 Å². The predicted molar refractivity (Wildman–Crippen MR) is 113 cm³/mol. The third-order valence-electron chi connectivity index (χ3n) is 6.61. The van der Waals surface area contributed by atoms with E-state index >= 15 is 0 Å². The zero-order valence-corrected chi connectivity index (χ0v) is 18.6. The van der Waals surface area contributed by atoms with Crippen LogP contribution in [0.15, 0.2) is 0 Å². The average molecular weight is 406 g/mol. The third-order valence-corrected chi connectivity index (χ3v) is 6.61. The van der Waals surface area contributed by atoms with E-state index in [9.17, 15) is 9.90 Å². The zero-order valence-electron chi connectivity index (χ0n) is 18.6. The third kappa shape index (κ3) is 5.59. The van der Waals surface area contributed by atoms with Crippen molar-refractivity contribution in [1.29, 1.82) is 0 Å². The Morgan fingerprint density at radius 2 is 1.93 bits per heavy atom. The van der Waals surface area contributed by atoms with E-state index in [1.54, 1.807) is 6.92 Å². The first-order chi connectivity index (χ1) is 13.9. The molecule has 1 N–H and O–H groups in total. The van der Waals surface area contributed by atoms with Crippen molar-refractivity contribution in [3.05, 3.63) is 11.6 Å². The quantitative estimate of drug-likeness (QED) is 0.458. The number of aliphatic carboxylic acids is 1. The van der Waals surface area contributed by atoms with Crippen molar-refractivity contribution in [3.8, 4) is 0 Å². The molecule has 2 aliphatic carbocycles. The van der Waals surface area contributed by atoms with Crippen LogP contribution in [-0.4, -0.2) is 39.1 Å². The summed E-state index contributed by atoms with van der Waals surface area (Å²) >= 11 is 0. The SMILES string of the molecule is CCCCOCCC(c1nnc([C@H]2C[C@@H](CC(C)C)C2)n1C1CC1)C(C)C(=O)O. The molecule has 1 aromatic heterocycles. The fourth-order valence-corrected chi connectivity index (χ4v) is 4.69. The van der Waals surface area contributed by atoms with E-state index < -0.39 is 11.9 Å². The van der Waals surface area contributed by atoms with Gasteiger partial charge in [-0.15, -0.1) is 10.2 Å². The van der Waals surface area contributed by atoms with Gasteiger partial charge in [-0.3, -0.25) is 4.79 Å². The summed E-state index contributed by atoms with van der Waals surface area (Å²) in [5.74, 6) is 2.61. The molecule has 3 rings (SSSR count). The molecule has 0 aromatic carbocycles. The summed E-state index contributed by atoms with van der Waals surface area (Å²) in [4.78, 5) is 11.8. The van der Waals surface area contributed by atoms with E-state index in [0.29, 0.717) is 25.0 Å². The van der Waals surface area contributed by atoms with Gasteiger partial charge in [-0.2, -0.15) is 0 Å². The summed E-state index contributed by atoms with van der Waals surface area (Å²) in [5.41, 5.74) is 0. The highest BCUT2D eigenvalue weighted by Crippen LogP contribution is 2.48. The normalized spacial score (nSPS) is 23.8. The molecular weight excluding hydrogens is 366 g/mol. The van der Waals surface area contributed by atoms with Crippen LogP contribution in [0.4, 0.5) is 0 Å². The monoisotopic (exact) mass is 405 g/mol. The Morgan fingerprint density at radius 3 is 2.52 bits per heavy atom. The number of carboxylic acid groups (broad SMARTS) is 1. The van der Waals surface area contributed by atoms with Crippen LogP contribution in [0.2, 0.25) is 0 Å². The van der Waals surface area contributed by atoms with Gasteiger partial charge >= 0.3 is 5.97 Å². The lowest BCUT2D eigenvalue weighted by Crippen LogP contribution is -2.27. The Balaban J connectivity index is 1.73. The van der Waals surface area contributed by atoms with Crippen molar-refractivity contribution < 1.29 is 14.6 Å². The molecule has 1 aromatic rings. The summed E-state index contributed by atoms with van der Waals surface area (Å²) < 4.78 is 8.08. The van der Waals surface area contributed by atoms with Gasteiger partial charge < -0.3 is 14.4 Å². The smallest absolute Gasteiger partial charge is 0.306 e. The van der Waals surface area contributed by atoms with Gasteiger partial charge in [0.15, 0.2) is 0 Å². The van der Waals surface area contributed by atoms with Gasteiger partial charge in [-0.05, 0) is 56.8 Å². The van der Waals surface area contributed by atoms with Gasteiger partial charge in [0.2, 0.25) is 0 Å². The lowest BCUT2D eigenvalue weighted by atomic mass is 9.71. The lowest BCUT2D eigenvalue weighted by molar-refractivity contribution is -0.142. The summed E-state index contributed by atoms with van der Waals surface area (Å²) in [6, 6.07) is 0.462. The molecule has 164 valence electrons. The summed E-state index contributed by atoms with van der Waals surface area (Å²) in [6.45, 7) is 9.84. The van der Waals surface area contributed by atoms with Crippen molar-refractivity contribution in [2.45, 2.75) is 96.9 Å². The highest BCUT2D eigenvalue weighted by atomic mass is 16.5. The van der Waals surface area contributed by atoms with Crippen LogP contribution in [0.1, 0.15) is 109 Å². The Hall–Kier alpha value is -1.43. The van der Waals surface area contributed by atoms with Crippen molar-refractivity contribution in [3.63, 3.8) is 0 Å². The van der Waals surface area contributed by atoms with Crippen molar-refractivity contribution in [2.24, 2.45) is 17.8 Å². The molecule has 2 atom stereocenters. The second kappa shape index (κ2) is 10.1. The Kier molecular flexibility index (Phi) is 7.72. The summed E-state index contributed by atoms with van der Waals surface area (Å²) in [7, 11) is 0. The van der Waals surface area contributed by atoms with Gasteiger partial charge in [0.25, 0.3) is 0 Å². The van der Waals surface area contributed by atoms with Gasteiger partial charge in [-0.25, -0.2) is 0 Å². The van der Waals surface area contributed by atoms with Crippen LogP contribution in [0.5, 0.6) is 0 Å². The molecule has 0 amide bonds. The Morgan fingerprint density at radius 1 is 1.21 bits per heavy atom. The topological polar surface area (TPSA) is 77.2 Å². The minimum atomic E-state index is -0.768. The Bertz CT molecular complexity index is 662. The molecular formula is C23H39N3O3. The van der Waals surface area contributed by atoms with Gasteiger partial charge in [-0.1, -0.05) is 34.1 Å². The molecule has 0 spiro atoms. The van der Waals surface area contributed by atoms with E-state index in [0.717, 1.165) is 55.8 Å². The largest absolute Gasteiger partial charge is 0.481 e. The zero-order chi connectivity index (χ0) is 21.0. The molecule has 0 aliphatic heterocycles. The van der Waals surface area contributed by atoms with Crippen molar-refractivity contribution in [2.75, 3.05) is 13.2 Å². The number of unbranched alkanes of at least 4 members (excludes halogenated alkanes) is 1. The standard InChI is InChI=1S/C23H39N3O3/c1-5-6-10-29-11-9-20(16(4)23(27)28)22-25-24-21(26(22)19-7-8-19)18-13-17(14-18)12-15(2)3/h15-20H,5-14H2,1-4H3,(H,27,28)/t16?,17-,18+,20?. The van der Waals surface area contributed by atoms with E-state index in [4.69, 9.17) is 4.74 Å². The van der Waals surface area contributed by atoms with Crippen LogP contribution in [0.25, 0.3) is 0 Å². The first kappa shape index (κ1) is 22.3. The number of ether oxygens (including phenoxy) is 1. The summed E-state index contributed by atoms with van der Waals surface area (Å²) in [6.07, 6.45) is 8.82. The molecule has 2 unspecified atom stereocenters. The minimum Gasteiger partial charge on any atom is -0.481 e. The average Bonchev–Trinajstić information content (AvgIpc) is 3.39. The fraction of sp³-hybridized carbons (Fsp3) is 0.870. The van der Waals surface area contributed by atoms with Gasteiger partial charge in [0.1, 0.15) is 11.6 Å². The second-order valence-corrected chi connectivity index (χ2v) is 9.67. The molecule has 6 heteroatoms. The van der Waals surface area contributed by atoms with Crippen LogP contribution in [0, 0.1) is 17.8 Å². The highest BCUT2D eigenvalue weighted by Gasteiger charge is 2.40. The van der Waals surface area contributed by atoms with E-state index in [-0.39, 0.29) is 5.92 Å². The second-order valence-electron chi connectivity index (χ2n) is 9.67. The fourth-order valence-electron chi connectivity index (χ4n) is 4.69. The van der Waals surface area contributed by atoms with Crippen LogP contribution in [-0.2, 0) is 9.53 Å². The molecule has 2 aliphatic rings. The summed E-state index contributed by atoms with van der Waals surface area (Å²) in [5, 5.41) is 18.9. The molecule has 0 radical (unpaired) electrons. The predicted octanol–water partition coefficient (Wildman–Crippen LogP) is 5.16. The first-order valence-electron chi connectivity index (χ1n) is 11.7. The number of rotatable bonds is 13. The van der Waals surface area contributed by atoms with E-state index in [1.807, 2.05) is 0 Å². The number of carboxylic acids is 1. The molecule has 2 fully saturated rings. The minimum absolute atomic E-state index is 0.150. The van der Waals surface area contributed by atoms with Crippen LogP contribution >= 0.6 is 0 Å². The molecule has 6 nitrogen and oxygen atoms in total. The Labute approximate surface area is 175 Å². The van der Waals surface area contributed by atoms with Crippen molar-refractivity contribution in [1.82, 2.24) is 14.8 Å². The maximum Gasteiger partial charge on any atom is 0.306 e.